The Morgan fingerprint density at radius 2 is 1.76 bits per heavy atom. The summed E-state index contributed by atoms with van der Waals surface area (Å²) in [6, 6.07) is 17.0. The Bertz CT molecular complexity index is 1450. The number of hydrogen-bond donors (Lipinski definition) is 1. The molecule has 1 N–H and O–H groups in total. The third kappa shape index (κ3) is 3.46. The van der Waals surface area contributed by atoms with Gasteiger partial charge in [0.2, 0.25) is 5.13 Å². The molecule has 0 saturated carbocycles. The quantitative estimate of drug-likeness (QED) is 0.261. The first-order chi connectivity index (χ1) is 16.5. The lowest BCUT2D eigenvalue weighted by atomic mass is 9.94. The number of amides is 1. The Labute approximate surface area is 198 Å². The molecule has 3 aromatic carbocycles. The Kier molecular flexibility index (Phi) is 5.46. The van der Waals surface area contributed by atoms with Crippen molar-refractivity contribution in [3.8, 4) is 11.5 Å². The number of para-hydroxylation sites is 1. The van der Waals surface area contributed by atoms with E-state index >= 15 is 0 Å². The van der Waals surface area contributed by atoms with Crippen LogP contribution in [0, 0.1) is 0 Å². The van der Waals surface area contributed by atoms with Gasteiger partial charge in [-0.2, -0.15) is 0 Å². The van der Waals surface area contributed by atoms with Crippen molar-refractivity contribution in [2.45, 2.75) is 6.04 Å². The van der Waals surface area contributed by atoms with E-state index in [1.165, 1.54) is 17.5 Å². The molecule has 1 aromatic heterocycles. The number of carbonyl (C=O) groups is 2. The molecule has 0 spiro atoms. The minimum Gasteiger partial charge on any atom is -0.507 e. The lowest BCUT2D eigenvalue weighted by Crippen LogP contribution is -2.29. The molecule has 2 heterocycles. The highest BCUT2D eigenvalue weighted by atomic mass is 32.1. The third-order valence-electron chi connectivity index (χ3n) is 5.75. The van der Waals surface area contributed by atoms with E-state index in [0.717, 1.165) is 22.1 Å². The number of benzene rings is 3. The van der Waals surface area contributed by atoms with Crippen LogP contribution in [-0.4, -0.2) is 41.2 Å². The topological polar surface area (TPSA) is 102 Å². The van der Waals surface area contributed by atoms with Crippen LogP contribution >= 0.6 is 11.3 Å². The average molecular weight is 474 g/mol. The van der Waals surface area contributed by atoms with Crippen LogP contribution in [0.2, 0.25) is 0 Å². The van der Waals surface area contributed by atoms with Crippen LogP contribution < -0.4 is 14.4 Å². The van der Waals surface area contributed by atoms with Gasteiger partial charge in [0, 0.05) is 11.1 Å². The summed E-state index contributed by atoms with van der Waals surface area (Å²) in [6.45, 7) is 0. The first-order valence-electron chi connectivity index (χ1n) is 10.3. The van der Waals surface area contributed by atoms with Crippen molar-refractivity contribution in [3.63, 3.8) is 0 Å². The van der Waals surface area contributed by atoms with Crippen LogP contribution in [0.1, 0.15) is 17.2 Å². The molecule has 1 saturated heterocycles. The number of methoxy groups -OCH3 is 2. The van der Waals surface area contributed by atoms with Crippen LogP contribution in [-0.2, 0) is 9.59 Å². The van der Waals surface area contributed by atoms with E-state index in [-0.39, 0.29) is 16.5 Å². The zero-order valence-corrected chi connectivity index (χ0v) is 19.1. The van der Waals surface area contributed by atoms with E-state index in [9.17, 15) is 14.7 Å². The van der Waals surface area contributed by atoms with E-state index in [1.807, 2.05) is 24.3 Å². The van der Waals surface area contributed by atoms with Gasteiger partial charge < -0.3 is 14.6 Å². The fourth-order valence-electron chi connectivity index (χ4n) is 4.14. The number of fused-ring (bicyclic) bond motifs is 1. The SMILES string of the molecule is COc1ccc2cc(/C(O)=C3\C(=O)C(=O)N(c4nncs4)C3c3ccccc3OC)ccc2c1. The van der Waals surface area contributed by atoms with E-state index in [0.29, 0.717) is 22.6 Å². The summed E-state index contributed by atoms with van der Waals surface area (Å²) in [6.07, 6.45) is 0. The van der Waals surface area contributed by atoms with Gasteiger partial charge in [-0.05, 0) is 35.0 Å². The number of hydrogen-bond acceptors (Lipinski definition) is 8. The molecule has 0 bridgehead atoms. The highest BCUT2D eigenvalue weighted by Crippen LogP contribution is 2.45. The molecular weight excluding hydrogens is 454 g/mol. The summed E-state index contributed by atoms with van der Waals surface area (Å²) in [7, 11) is 3.10. The fraction of sp³-hybridized carbons (Fsp3) is 0.120. The van der Waals surface area contributed by atoms with E-state index in [2.05, 4.69) is 10.2 Å². The van der Waals surface area contributed by atoms with E-state index in [1.54, 1.807) is 43.5 Å². The van der Waals surface area contributed by atoms with Gasteiger partial charge >= 0.3 is 5.91 Å². The van der Waals surface area contributed by atoms with Crippen LogP contribution in [0.3, 0.4) is 0 Å². The second-order valence-corrected chi connectivity index (χ2v) is 8.37. The molecule has 1 aliphatic heterocycles. The van der Waals surface area contributed by atoms with Crippen molar-refractivity contribution in [1.82, 2.24) is 10.2 Å². The standard InChI is InChI=1S/C25H19N3O5S/c1-32-17-10-9-14-11-16(8-7-15(14)12-17)22(29)20-21(18-5-3-4-6-19(18)33-2)28(24(31)23(20)30)25-27-26-13-34-25/h3-13,21,29H,1-2H3/b22-20+. The number of nitrogens with zero attached hydrogens (tertiary/aromatic N) is 3. The molecule has 1 aliphatic rings. The second-order valence-electron chi connectivity index (χ2n) is 7.56. The predicted molar refractivity (Wildman–Crippen MR) is 128 cm³/mol. The number of aromatic nitrogens is 2. The number of Topliss-reactive ketones (excluding diaryl/α,β-unsaturated/α-hetero) is 1. The zero-order chi connectivity index (χ0) is 23.8. The summed E-state index contributed by atoms with van der Waals surface area (Å²) in [4.78, 5) is 27.6. The number of carbonyl (C=O) groups excluding carboxylic acids is 2. The monoisotopic (exact) mass is 473 g/mol. The largest absolute Gasteiger partial charge is 0.507 e. The first-order valence-corrected chi connectivity index (χ1v) is 11.2. The number of ether oxygens (including phenoxy) is 2. The average Bonchev–Trinajstić information content (AvgIpc) is 3.49. The van der Waals surface area contributed by atoms with Gasteiger partial charge in [-0.1, -0.05) is 47.7 Å². The molecule has 5 rings (SSSR count). The number of rotatable bonds is 5. The highest BCUT2D eigenvalue weighted by Gasteiger charge is 2.49. The van der Waals surface area contributed by atoms with E-state index in [4.69, 9.17) is 9.47 Å². The number of aliphatic hydroxyl groups is 1. The second kappa shape index (κ2) is 8.60. The fourth-order valence-corrected chi connectivity index (χ4v) is 4.73. The molecule has 1 fully saturated rings. The zero-order valence-electron chi connectivity index (χ0n) is 18.3. The normalized spacial score (nSPS) is 17.4. The summed E-state index contributed by atoms with van der Waals surface area (Å²) >= 11 is 1.13. The maximum Gasteiger partial charge on any atom is 0.301 e. The van der Waals surface area contributed by atoms with Crippen molar-refractivity contribution in [2.75, 3.05) is 19.1 Å². The molecule has 8 nitrogen and oxygen atoms in total. The maximum atomic E-state index is 13.2. The van der Waals surface area contributed by atoms with Crippen LogP contribution in [0.15, 0.2) is 71.7 Å². The smallest absolute Gasteiger partial charge is 0.301 e. The molecular formula is C25H19N3O5S. The minimum atomic E-state index is -0.935. The Hall–Kier alpha value is -4.24. The number of aliphatic hydroxyl groups excluding tert-OH is 1. The molecule has 0 aliphatic carbocycles. The maximum absolute atomic E-state index is 13.2. The van der Waals surface area contributed by atoms with Crippen molar-refractivity contribution in [1.29, 1.82) is 0 Å². The Balaban J connectivity index is 1.72. The minimum absolute atomic E-state index is 0.0439. The third-order valence-corrected chi connectivity index (χ3v) is 6.44. The van der Waals surface area contributed by atoms with Gasteiger partial charge in [-0.25, -0.2) is 0 Å². The summed E-state index contributed by atoms with van der Waals surface area (Å²) < 4.78 is 10.8. The van der Waals surface area contributed by atoms with Crippen LogP contribution in [0.4, 0.5) is 5.13 Å². The predicted octanol–water partition coefficient (Wildman–Crippen LogP) is 4.33. The lowest BCUT2D eigenvalue weighted by molar-refractivity contribution is -0.132. The molecule has 34 heavy (non-hydrogen) atoms. The summed E-state index contributed by atoms with van der Waals surface area (Å²) in [5.41, 5.74) is 2.39. The van der Waals surface area contributed by atoms with Gasteiger partial charge in [0.05, 0.1) is 19.8 Å². The molecule has 1 unspecified atom stereocenters. The number of anilines is 1. The van der Waals surface area contributed by atoms with Gasteiger partial charge in [0.25, 0.3) is 5.78 Å². The first kappa shape index (κ1) is 21.6. The van der Waals surface area contributed by atoms with Crippen molar-refractivity contribution in [3.05, 3.63) is 82.9 Å². The summed E-state index contributed by atoms with van der Waals surface area (Å²) in [5, 5.41) is 21.2. The van der Waals surface area contributed by atoms with Crippen LogP contribution in [0.25, 0.3) is 16.5 Å². The van der Waals surface area contributed by atoms with Crippen molar-refractivity contribution in [2.24, 2.45) is 0 Å². The van der Waals surface area contributed by atoms with Gasteiger partial charge in [0.15, 0.2) is 0 Å². The molecule has 1 amide bonds. The molecule has 1 atom stereocenters. The van der Waals surface area contributed by atoms with E-state index < -0.39 is 17.7 Å². The Morgan fingerprint density at radius 3 is 2.50 bits per heavy atom. The molecule has 0 radical (unpaired) electrons. The van der Waals surface area contributed by atoms with Gasteiger partial charge in [-0.3, -0.25) is 14.5 Å². The highest BCUT2D eigenvalue weighted by molar-refractivity contribution is 7.13. The number of ketones is 1. The van der Waals surface area contributed by atoms with Gasteiger partial charge in [0.1, 0.15) is 28.8 Å². The van der Waals surface area contributed by atoms with Gasteiger partial charge in [-0.15, -0.1) is 10.2 Å². The molecule has 170 valence electrons. The summed E-state index contributed by atoms with van der Waals surface area (Å²) in [5.74, 6) is -0.694. The lowest BCUT2D eigenvalue weighted by Gasteiger charge is -2.24. The Morgan fingerprint density at radius 1 is 1.00 bits per heavy atom. The molecule has 4 aromatic rings. The van der Waals surface area contributed by atoms with Crippen molar-refractivity contribution < 1.29 is 24.2 Å². The van der Waals surface area contributed by atoms with Crippen molar-refractivity contribution >= 4 is 44.7 Å². The molecule has 9 heteroatoms. The van der Waals surface area contributed by atoms with Crippen LogP contribution in [0.5, 0.6) is 11.5 Å².